The lowest BCUT2D eigenvalue weighted by atomic mass is 9.85. The number of likely N-dealkylation sites (tertiary alicyclic amines) is 1. The first kappa shape index (κ1) is 15.8. The van der Waals surface area contributed by atoms with Crippen LogP contribution in [-0.4, -0.2) is 57.9 Å². The standard InChI is InChI=1S/C18H35N3/c1-3-19-11-13-21(14-12-19)17-7-9-20(10-8-17)18-6-4-5-16(2)15-18/h16-18H,3-15H2,1-2H3/p+3/t16-,18+/m1/s1. The molecule has 1 saturated carbocycles. The van der Waals surface area contributed by atoms with E-state index in [0.29, 0.717) is 0 Å². The monoisotopic (exact) mass is 296 g/mol. The van der Waals surface area contributed by atoms with Gasteiger partial charge in [0.25, 0.3) is 0 Å². The van der Waals surface area contributed by atoms with Crippen molar-refractivity contribution in [2.45, 2.75) is 64.5 Å². The van der Waals surface area contributed by atoms with E-state index in [1.807, 2.05) is 14.7 Å². The van der Waals surface area contributed by atoms with E-state index in [2.05, 4.69) is 13.8 Å². The van der Waals surface area contributed by atoms with Crippen molar-refractivity contribution in [3.8, 4) is 0 Å². The van der Waals surface area contributed by atoms with E-state index < -0.39 is 0 Å². The summed E-state index contributed by atoms with van der Waals surface area (Å²) >= 11 is 0. The highest BCUT2D eigenvalue weighted by atomic mass is 15.3. The van der Waals surface area contributed by atoms with Crippen LogP contribution < -0.4 is 14.7 Å². The molecule has 3 nitrogen and oxygen atoms in total. The van der Waals surface area contributed by atoms with Gasteiger partial charge in [0.1, 0.15) is 26.2 Å². The topological polar surface area (TPSA) is 13.3 Å². The number of rotatable bonds is 3. The second-order valence-corrected chi connectivity index (χ2v) is 8.16. The zero-order valence-electron chi connectivity index (χ0n) is 14.4. The third kappa shape index (κ3) is 4.00. The van der Waals surface area contributed by atoms with Crippen LogP contribution in [0.4, 0.5) is 0 Å². The predicted octanol–water partition coefficient (Wildman–Crippen LogP) is -1.58. The van der Waals surface area contributed by atoms with Gasteiger partial charge in [-0.2, -0.15) is 0 Å². The Balaban J connectivity index is 1.43. The minimum absolute atomic E-state index is 0.990. The molecule has 1 aliphatic carbocycles. The molecule has 3 aliphatic rings. The molecule has 0 radical (unpaired) electrons. The van der Waals surface area contributed by atoms with Crippen LogP contribution in [0.5, 0.6) is 0 Å². The summed E-state index contributed by atoms with van der Waals surface area (Å²) in [5.74, 6) is 0.990. The van der Waals surface area contributed by atoms with Crippen molar-refractivity contribution >= 4 is 0 Å². The first-order chi connectivity index (χ1) is 10.3. The number of piperazine rings is 1. The van der Waals surface area contributed by atoms with E-state index in [1.54, 1.807) is 0 Å². The van der Waals surface area contributed by atoms with Crippen molar-refractivity contribution in [3.63, 3.8) is 0 Å². The van der Waals surface area contributed by atoms with Gasteiger partial charge in [0.15, 0.2) is 0 Å². The summed E-state index contributed by atoms with van der Waals surface area (Å²) in [5, 5.41) is 0. The highest BCUT2D eigenvalue weighted by Crippen LogP contribution is 2.22. The van der Waals surface area contributed by atoms with Crippen molar-refractivity contribution < 1.29 is 14.7 Å². The fraction of sp³-hybridized carbons (Fsp3) is 1.00. The second kappa shape index (κ2) is 7.43. The Kier molecular flexibility index (Phi) is 5.58. The third-order valence-corrected chi connectivity index (χ3v) is 6.82. The molecular formula is C18H38N3+3. The molecule has 3 rings (SSSR count). The summed E-state index contributed by atoms with van der Waals surface area (Å²) < 4.78 is 0. The van der Waals surface area contributed by atoms with Crippen molar-refractivity contribution in [3.05, 3.63) is 0 Å². The largest absolute Gasteiger partial charge is 0.332 e. The van der Waals surface area contributed by atoms with Gasteiger partial charge in [-0.05, 0) is 25.7 Å². The van der Waals surface area contributed by atoms with E-state index in [-0.39, 0.29) is 0 Å². The maximum atomic E-state index is 2.47. The van der Waals surface area contributed by atoms with Crippen LogP contribution in [0.15, 0.2) is 0 Å². The Bertz CT molecular complexity index is 304. The highest BCUT2D eigenvalue weighted by molar-refractivity contribution is 4.71. The van der Waals surface area contributed by atoms with Gasteiger partial charge in [-0.3, -0.25) is 0 Å². The highest BCUT2D eigenvalue weighted by Gasteiger charge is 2.36. The van der Waals surface area contributed by atoms with Gasteiger partial charge in [-0.1, -0.05) is 13.3 Å². The van der Waals surface area contributed by atoms with E-state index in [1.165, 1.54) is 84.3 Å². The van der Waals surface area contributed by atoms with E-state index in [4.69, 9.17) is 0 Å². The molecule has 0 aromatic rings. The lowest BCUT2D eigenvalue weighted by molar-refractivity contribution is -1.03. The molecule has 0 unspecified atom stereocenters. The van der Waals surface area contributed by atoms with Gasteiger partial charge < -0.3 is 14.7 Å². The summed E-state index contributed by atoms with van der Waals surface area (Å²) in [6.07, 6.45) is 8.99. The summed E-state index contributed by atoms with van der Waals surface area (Å²) in [6.45, 7) is 14.8. The fourth-order valence-electron chi connectivity index (χ4n) is 5.30. The average Bonchev–Trinajstić information content (AvgIpc) is 2.55. The van der Waals surface area contributed by atoms with E-state index >= 15 is 0 Å². The first-order valence-corrected chi connectivity index (χ1v) is 9.79. The number of hydrogen-bond acceptors (Lipinski definition) is 0. The number of nitrogens with one attached hydrogen (secondary N) is 3. The molecule has 0 spiro atoms. The Morgan fingerprint density at radius 1 is 0.762 bits per heavy atom. The number of piperidine rings is 1. The van der Waals surface area contributed by atoms with Crippen LogP contribution >= 0.6 is 0 Å². The van der Waals surface area contributed by atoms with Crippen LogP contribution in [0.3, 0.4) is 0 Å². The quantitative estimate of drug-likeness (QED) is 0.556. The molecular weight excluding hydrogens is 258 g/mol. The van der Waals surface area contributed by atoms with Gasteiger partial charge in [-0.25, -0.2) is 0 Å². The minimum Gasteiger partial charge on any atom is -0.332 e. The summed E-state index contributed by atoms with van der Waals surface area (Å²) in [5.41, 5.74) is 0. The summed E-state index contributed by atoms with van der Waals surface area (Å²) in [7, 11) is 0. The Morgan fingerprint density at radius 2 is 1.43 bits per heavy atom. The molecule has 0 aromatic heterocycles. The molecule has 3 heteroatoms. The van der Waals surface area contributed by atoms with Crippen LogP contribution in [0, 0.1) is 5.92 Å². The van der Waals surface area contributed by atoms with Crippen molar-refractivity contribution in [2.24, 2.45) is 5.92 Å². The first-order valence-electron chi connectivity index (χ1n) is 9.79. The fourth-order valence-corrected chi connectivity index (χ4v) is 5.30. The van der Waals surface area contributed by atoms with Crippen molar-refractivity contribution in [1.29, 1.82) is 0 Å². The van der Waals surface area contributed by atoms with Crippen molar-refractivity contribution in [1.82, 2.24) is 0 Å². The molecule has 122 valence electrons. The molecule has 0 bridgehead atoms. The molecule has 2 heterocycles. The molecule has 0 aromatic carbocycles. The average molecular weight is 297 g/mol. The molecule has 2 aliphatic heterocycles. The summed E-state index contributed by atoms with van der Waals surface area (Å²) in [4.78, 5) is 5.75. The smallest absolute Gasteiger partial charge is 0.127 e. The Morgan fingerprint density at radius 3 is 2.05 bits per heavy atom. The van der Waals surface area contributed by atoms with Crippen LogP contribution in [-0.2, 0) is 0 Å². The Labute approximate surface area is 131 Å². The van der Waals surface area contributed by atoms with Gasteiger partial charge in [0.2, 0.25) is 0 Å². The maximum Gasteiger partial charge on any atom is 0.127 e. The second-order valence-electron chi connectivity index (χ2n) is 8.16. The van der Waals surface area contributed by atoms with E-state index in [9.17, 15) is 0 Å². The molecule has 2 atom stereocenters. The molecule has 21 heavy (non-hydrogen) atoms. The van der Waals surface area contributed by atoms with Gasteiger partial charge >= 0.3 is 0 Å². The summed E-state index contributed by atoms with van der Waals surface area (Å²) in [6, 6.07) is 2.00. The predicted molar refractivity (Wildman–Crippen MR) is 87.1 cm³/mol. The van der Waals surface area contributed by atoms with Gasteiger partial charge in [0, 0.05) is 19.3 Å². The minimum atomic E-state index is 0.990. The molecule has 2 saturated heterocycles. The normalized spacial score (nSPS) is 45.4. The van der Waals surface area contributed by atoms with Crippen LogP contribution in [0.25, 0.3) is 0 Å². The molecule has 0 amide bonds. The van der Waals surface area contributed by atoms with E-state index in [0.717, 1.165) is 18.0 Å². The SMILES string of the molecule is CC[NH+]1CC[NH+](C2CC[NH+]([C@H]3CCC[C@@H](C)C3)CC2)CC1. The molecule has 3 fully saturated rings. The van der Waals surface area contributed by atoms with Gasteiger partial charge in [0.05, 0.1) is 31.7 Å². The maximum absolute atomic E-state index is 2.47. The number of hydrogen-bond donors (Lipinski definition) is 3. The van der Waals surface area contributed by atoms with Crippen LogP contribution in [0.1, 0.15) is 52.4 Å². The third-order valence-electron chi connectivity index (χ3n) is 6.82. The zero-order chi connectivity index (χ0) is 14.7. The lowest BCUT2D eigenvalue weighted by Gasteiger charge is -2.41. The van der Waals surface area contributed by atoms with Gasteiger partial charge in [-0.15, -0.1) is 0 Å². The molecule has 3 N–H and O–H groups in total. The number of quaternary nitrogens is 3. The van der Waals surface area contributed by atoms with Crippen molar-refractivity contribution in [2.75, 3.05) is 45.8 Å². The van der Waals surface area contributed by atoms with Crippen LogP contribution in [0.2, 0.25) is 0 Å². The number of likely N-dealkylation sites (N-methyl/N-ethyl adjacent to an activating group) is 1. The Hall–Kier alpha value is -0.120. The lowest BCUT2D eigenvalue weighted by Crippen LogP contribution is -3.30. The zero-order valence-corrected chi connectivity index (χ0v) is 14.4.